The van der Waals surface area contributed by atoms with E-state index in [1.807, 2.05) is 39.0 Å². The minimum absolute atomic E-state index is 0.0377. The third-order valence-electron chi connectivity index (χ3n) is 2.58. The van der Waals surface area contributed by atoms with Gasteiger partial charge in [-0.05, 0) is 44.5 Å². The normalized spacial score (nSPS) is 10.4. The maximum absolute atomic E-state index is 11.8. The van der Waals surface area contributed by atoms with Gasteiger partial charge in [0.05, 0.1) is 0 Å². The fourth-order valence-corrected chi connectivity index (χ4v) is 2.27. The van der Waals surface area contributed by atoms with E-state index in [0.29, 0.717) is 0 Å². The largest absolute Gasteiger partial charge is 0.352 e. The topological polar surface area (TPSA) is 49.4 Å². The molecule has 0 aliphatic carbocycles. The summed E-state index contributed by atoms with van der Waals surface area (Å²) in [5.74, 6) is -0.308. The summed E-state index contributed by atoms with van der Waals surface area (Å²) in [6.07, 6.45) is 0. The third kappa shape index (κ3) is 4.67. The summed E-state index contributed by atoms with van der Waals surface area (Å²) in [6.45, 7) is 7.19. The van der Waals surface area contributed by atoms with Crippen molar-refractivity contribution in [2.24, 2.45) is 0 Å². The highest BCUT2D eigenvalue weighted by molar-refractivity contribution is 9.10. The van der Waals surface area contributed by atoms with Crippen molar-refractivity contribution < 1.29 is 9.59 Å². The number of amides is 2. The van der Waals surface area contributed by atoms with Crippen LogP contribution in [0.3, 0.4) is 0 Å². The number of carbonyl (C=O) groups is 2. The van der Waals surface area contributed by atoms with Crippen molar-refractivity contribution in [3.63, 3.8) is 0 Å². The molecule has 0 atom stereocenters. The van der Waals surface area contributed by atoms with Gasteiger partial charge in [0.15, 0.2) is 0 Å². The number of halogens is 1. The molecule has 1 N–H and O–H groups in total. The van der Waals surface area contributed by atoms with E-state index < -0.39 is 0 Å². The van der Waals surface area contributed by atoms with Gasteiger partial charge in [-0.2, -0.15) is 0 Å². The van der Waals surface area contributed by atoms with Gasteiger partial charge in [0, 0.05) is 23.1 Å². The lowest BCUT2D eigenvalue weighted by molar-refractivity contribution is -0.123. The zero-order chi connectivity index (χ0) is 14.6. The molecule has 0 heterocycles. The van der Waals surface area contributed by atoms with E-state index in [1.54, 1.807) is 0 Å². The molecule has 19 heavy (non-hydrogen) atoms. The molecule has 0 saturated heterocycles. The molecule has 1 aromatic carbocycles. The van der Waals surface area contributed by atoms with Crippen LogP contribution in [0.4, 0.5) is 5.69 Å². The molecule has 5 heteroatoms. The maximum Gasteiger partial charge on any atom is 0.240 e. The van der Waals surface area contributed by atoms with Gasteiger partial charge in [-0.25, -0.2) is 0 Å². The summed E-state index contributed by atoms with van der Waals surface area (Å²) < 4.78 is 0.948. The van der Waals surface area contributed by atoms with Crippen molar-refractivity contribution in [3.8, 4) is 0 Å². The highest BCUT2D eigenvalue weighted by Crippen LogP contribution is 2.23. The van der Waals surface area contributed by atoms with E-state index in [9.17, 15) is 9.59 Å². The van der Waals surface area contributed by atoms with E-state index in [0.717, 1.165) is 15.7 Å². The SMILES string of the molecule is CC(=O)N(CC(=O)NC(C)C)c1ccc(Br)cc1C. The van der Waals surface area contributed by atoms with Crippen LogP contribution in [0.25, 0.3) is 0 Å². The van der Waals surface area contributed by atoms with Crippen molar-refractivity contribution in [1.29, 1.82) is 0 Å². The molecule has 0 saturated carbocycles. The molecule has 0 aliphatic rings. The molecule has 4 nitrogen and oxygen atoms in total. The minimum Gasteiger partial charge on any atom is -0.352 e. The molecule has 0 spiro atoms. The molecule has 0 aromatic heterocycles. The van der Waals surface area contributed by atoms with Crippen molar-refractivity contribution in [2.45, 2.75) is 33.7 Å². The Morgan fingerprint density at radius 1 is 1.37 bits per heavy atom. The Labute approximate surface area is 122 Å². The standard InChI is InChI=1S/C14H19BrN2O2/c1-9(2)16-14(19)8-17(11(4)18)13-6-5-12(15)7-10(13)3/h5-7,9H,8H2,1-4H3,(H,16,19). The molecule has 0 bridgehead atoms. The van der Waals surface area contributed by atoms with Crippen molar-refractivity contribution in [2.75, 3.05) is 11.4 Å². The molecule has 1 aromatic rings. The van der Waals surface area contributed by atoms with Gasteiger partial charge in [0.1, 0.15) is 6.54 Å². The first kappa shape index (κ1) is 15.7. The molecule has 0 fully saturated rings. The van der Waals surface area contributed by atoms with Crippen LogP contribution in [0, 0.1) is 6.92 Å². The zero-order valence-electron chi connectivity index (χ0n) is 11.7. The minimum atomic E-state index is -0.160. The molecule has 0 aliphatic heterocycles. The predicted molar refractivity (Wildman–Crippen MR) is 80.2 cm³/mol. The van der Waals surface area contributed by atoms with Gasteiger partial charge < -0.3 is 10.2 Å². The lowest BCUT2D eigenvalue weighted by Crippen LogP contribution is -2.42. The smallest absolute Gasteiger partial charge is 0.240 e. The van der Waals surface area contributed by atoms with Crippen LogP contribution in [0.15, 0.2) is 22.7 Å². The van der Waals surface area contributed by atoms with E-state index in [1.165, 1.54) is 11.8 Å². The molecule has 0 radical (unpaired) electrons. The number of carbonyl (C=O) groups excluding carboxylic acids is 2. The molecule has 2 amide bonds. The number of aryl methyl sites for hydroxylation is 1. The van der Waals surface area contributed by atoms with Gasteiger partial charge in [-0.15, -0.1) is 0 Å². The number of hydrogen-bond donors (Lipinski definition) is 1. The molecule has 0 unspecified atom stereocenters. The Morgan fingerprint density at radius 2 is 2.00 bits per heavy atom. The summed E-state index contributed by atoms with van der Waals surface area (Å²) >= 11 is 3.38. The lowest BCUT2D eigenvalue weighted by atomic mass is 10.2. The van der Waals surface area contributed by atoms with Crippen molar-refractivity contribution in [1.82, 2.24) is 5.32 Å². The van der Waals surface area contributed by atoms with Crippen LogP contribution in [-0.2, 0) is 9.59 Å². The quantitative estimate of drug-likeness (QED) is 0.924. The summed E-state index contributed by atoms with van der Waals surface area (Å²) in [4.78, 5) is 25.0. The van der Waals surface area contributed by atoms with Crippen LogP contribution in [0.2, 0.25) is 0 Å². The number of nitrogens with one attached hydrogen (secondary N) is 1. The Hall–Kier alpha value is -1.36. The van der Waals surface area contributed by atoms with Gasteiger partial charge in [0.25, 0.3) is 0 Å². The lowest BCUT2D eigenvalue weighted by Gasteiger charge is -2.23. The first-order chi connectivity index (χ1) is 8.81. The van der Waals surface area contributed by atoms with Crippen LogP contribution in [-0.4, -0.2) is 24.4 Å². The molecular weight excluding hydrogens is 308 g/mol. The molecule has 1 rings (SSSR count). The Morgan fingerprint density at radius 3 is 2.47 bits per heavy atom. The molecule has 104 valence electrons. The van der Waals surface area contributed by atoms with Crippen LogP contribution < -0.4 is 10.2 Å². The monoisotopic (exact) mass is 326 g/mol. The van der Waals surface area contributed by atoms with Crippen molar-refractivity contribution in [3.05, 3.63) is 28.2 Å². The highest BCUT2D eigenvalue weighted by atomic mass is 79.9. The van der Waals surface area contributed by atoms with E-state index in [-0.39, 0.29) is 24.4 Å². The van der Waals surface area contributed by atoms with Gasteiger partial charge in [-0.1, -0.05) is 15.9 Å². The Bertz CT molecular complexity index is 486. The maximum atomic E-state index is 11.8. The first-order valence-electron chi connectivity index (χ1n) is 6.15. The number of hydrogen-bond acceptors (Lipinski definition) is 2. The van der Waals surface area contributed by atoms with E-state index in [2.05, 4.69) is 21.2 Å². The second-order valence-electron chi connectivity index (χ2n) is 4.76. The highest BCUT2D eigenvalue weighted by Gasteiger charge is 2.17. The third-order valence-corrected chi connectivity index (χ3v) is 3.07. The van der Waals surface area contributed by atoms with Crippen molar-refractivity contribution >= 4 is 33.4 Å². The summed E-state index contributed by atoms with van der Waals surface area (Å²) in [6, 6.07) is 5.68. The fraction of sp³-hybridized carbons (Fsp3) is 0.429. The second kappa shape index (κ2) is 6.70. The van der Waals surface area contributed by atoms with Crippen LogP contribution >= 0.6 is 15.9 Å². The molecular formula is C14H19BrN2O2. The summed E-state index contributed by atoms with van der Waals surface area (Å²) in [5, 5.41) is 2.79. The van der Waals surface area contributed by atoms with Gasteiger partial charge in [-0.3, -0.25) is 9.59 Å². The predicted octanol–water partition coefficient (Wildman–Crippen LogP) is 2.64. The summed E-state index contributed by atoms with van der Waals surface area (Å²) in [7, 11) is 0. The average Bonchev–Trinajstić information content (AvgIpc) is 2.25. The Balaban J connectivity index is 2.95. The zero-order valence-corrected chi connectivity index (χ0v) is 13.2. The number of rotatable bonds is 4. The van der Waals surface area contributed by atoms with Crippen LogP contribution in [0.5, 0.6) is 0 Å². The van der Waals surface area contributed by atoms with Gasteiger partial charge in [0.2, 0.25) is 11.8 Å². The fourth-order valence-electron chi connectivity index (χ4n) is 1.80. The Kier molecular flexibility index (Phi) is 5.54. The second-order valence-corrected chi connectivity index (χ2v) is 5.67. The van der Waals surface area contributed by atoms with Crippen LogP contribution in [0.1, 0.15) is 26.3 Å². The van der Waals surface area contributed by atoms with E-state index in [4.69, 9.17) is 0 Å². The number of anilines is 1. The average molecular weight is 327 g/mol. The first-order valence-corrected chi connectivity index (χ1v) is 6.94. The van der Waals surface area contributed by atoms with E-state index >= 15 is 0 Å². The number of nitrogens with zero attached hydrogens (tertiary/aromatic N) is 1. The summed E-state index contributed by atoms with van der Waals surface area (Å²) in [5.41, 5.74) is 1.71. The number of benzene rings is 1. The van der Waals surface area contributed by atoms with Gasteiger partial charge >= 0.3 is 0 Å².